The Morgan fingerprint density at radius 3 is 2.31 bits per heavy atom. The van der Waals surface area contributed by atoms with Crippen molar-refractivity contribution in [2.45, 2.75) is 0 Å². The summed E-state index contributed by atoms with van der Waals surface area (Å²) in [6.45, 7) is 1.26. The first-order chi connectivity index (χ1) is 12.6. The summed E-state index contributed by atoms with van der Waals surface area (Å²) >= 11 is 11.8. The van der Waals surface area contributed by atoms with Gasteiger partial charge in [-0.15, -0.1) is 23.2 Å². The highest BCUT2D eigenvalue weighted by Gasteiger charge is 2.16. The van der Waals surface area contributed by atoms with Crippen LogP contribution in [-0.4, -0.2) is 45.3 Å². The lowest BCUT2D eigenvalue weighted by molar-refractivity contribution is 0.402. The number of benzene rings is 2. The molecule has 4 nitrogen and oxygen atoms in total. The molecular weight excluding hydrogens is 378 g/mol. The summed E-state index contributed by atoms with van der Waals surface area (Å²) in [5.41, 5.74) is 2.07. The first kappa shape index (κ1) is 20.3. The van der Waals surface area contributed by atoms with Crippen LogP contribution >= 0.6 is 23.2 Å². The van der Waals surface area contributed by atoms with Crippen LogP contribution < -0.4 is 14.4 Å². The van der Waals surface area contributed by atoms with E-state index in [4.69, 9.17) is 32.7 Å². The van der Waals surface area contributed by atoms with E-state index < -0.39 is 0 Å². The summed E-state index contributed by atoms with van der Waals surface area (Å²) in [6.07, 6.45) is 1.62. The molecule has 0 aliphatic carbocycles. The third kappa shape index (κ3) is 5.26. The molecule has 0 aliphatic rings. The number of halogens is 3. The maximum Gasteiger partial charge on any atom is 0.143 e. The molecule has 0 fully saturated rings. The van der Waals surface area contributed by atoms with E-state index in [0.29, 0.717) is 47.6 Å². The zero-order valence-corrected chi connectivity index (χ0v) is 16.2. The highest BCUT2D eigenvalue weighted by molar-refractivity contribution is 6.18. The summed E-state index contributed by atoms with van der Waals surface area (Å²) in [5, 5.41) is 0. The molecule has 2 rings (SSSR count). The van der Waals surface area contributed by atoms with E-state index in [0.717, 1.165) is 5.69 Å². The molecule has 0 saturated heterocycles. The molecule has 0 saturated carbocycles. The Morgan fingerprint density at radius 1 is 1.04 bits per heavy atom. The largest absolute Gasteiger partial charge is 0.496 e. The molecule has 140 valence electrons. The van der Waals surface area contributed by atoms with Crippen LogP contribution in [0, 0.1) is 5.82 Å². The van der Waals surface area contributed by atoms with E-state index in [-0.39, 0.29) is 5.82 Å². The van der Waals surface area contributed by atoms with Gasteiger partial charge in [0.25, 0.3) is 0 Å². The molecule has 0 aliphatic heterocycles. The summed E-state index contributed by atoms with van der Waals surface area (Å²) < 4.78 is 24.3. The topological polar surface area (TPSA) is 34.1 Å². The van der Waals surface area contributed by atoms with Gasteiger partial charge in [-0.1, -0.05) is 6.07 Å². The molecule has 0 amide bonds. The van der Waals surface area contributed by atoms with Crippen molar-refractivity contribution in [2.75, 3.05) is 44.0 Å². The lowest BCUT2D eigenvalue weighted by atomic mass is 10.1. The molecule has 2 aromatic carbocycles. The molecule has 0 aromatic heterocycles. The van der Waals surface area contributed by atoms with E-state index in [1.807, 2.05) is 17.0 Å². The maximum atomic E-state index is 13.3. The molecule has 26 heavy (non-hydrogen) atoms. The van der Waals surface area contributed by atoms with Crippen LogP contribution in [0.1, 0.15) is 5.56 Å². The van der Waals surface area contributed by atoms with E-state index in [1.165, 1.54) is 12.1 Å². The standard InChI is InChI=1S/C19H21Cl2FN2O2/c1-25-18-12-17(24(8-6-20)9-7-21)19(26-2)10-14(18)13-23-16-5-3-4-15(22)11-16/h3-5,10-13H,6-9H2,1-2H3. The van der Waals surface area contributed by atoms with E-state index >= 15 is 0 Å². The predicted molar refractivity (Wildman–Crippen MR) is 107 cm³/mol. The number of methoxy groups -OCH3 is 2. The summed E-state index contributed by atoms with van der Waals surface area (Å²) in [7, 11) is 3.18. The molecule has 0 atom stereocenters. The fourth-order valence-electron chi connectivity index (χ4n) is 2.51. The summed E-state index contributed by atoms with van der Waals surface area (Å²) in [4.78, 5) is 6.35. The minimum Gasteiger partial charge on any atom is -0.496 e. The van der Waals surface area contributed by atoms with Crippen LogP contribution in [0.5, 0.6) is 11.5 Å². The van der Waals surface area contributed by atoms with Crippen molar-refractivity contribution >= 4 is 40.8 Å². The first-order valence-corrected chi connectivity index (χ1v) is 9.12. The van der Waals surface area contributed by atoms with Crippen LogP contribution in [0.4, 0.5) is 15.8 Å². The lowest BCUT2D eigenvalue weighted by Gasteiger charge is -2.26. The second-order valence-corrected chi connectivity index (χ2v) is 6.13. The monoisotopic (exact) mass is 398 g/mol. The predicted octanol–water partition coefficient (Wildman–Crippen LogP) is 4.88. The van der Waals surface area contributed by atoms with Crippen molar-refractivity contribution in [3.63, 3.8) is 0 Å². The first-order valence-electron chi connectivity index (χ1n) is 8.05. The Bertz CT molecular complexity index is 750. The van der Waals surface area contributed by atoms with Crippen molar-refractivity contribution < 1.29 is 13.9 Å². The van der Waals surface area contributed by atoms with E-state index in [2.05, 4.69) is 4.99 Å². The Labute approximate surface area is 163 Å². The lowest BCUT2D eigenvalue weighted by Crippen LogP contribution is -2.28. The van der Waals surface area contributed by atoms with E-state index in [1.54, 1.807) is 32.6 Å². The smallest absolute Gasteiger partial charge is 0.143 e. The second-order valence-electron chi connectivity index (χ2n) is 5.37. The summed E-state index contributed by atoms with van der Waals surface area (Å²) in [5.74, 6) is 1.87. The Kier molecular flexibility index (Phi) is 8.01. The SMILES string of the molecule is COc1cc(N(CCCl)CCCl)c(OC)cc1C=Nc1cccc(F)c1. The zero-order chi connectivity index (χ0) is 18.9. The van der Waals surface area contributed by atoms with Gasteiger partial charge in [-0.2, -0.15) is 0 Å². The van der Waals surface area contributed by atoms with Crippen molar-refractivity contribution in [3.05, 3.63) is 47.8 Å². The van der Waals surface area contributed by atoms with Crippen LogP contribution in [-0.2, 0) is 0 Å². The number of alkyl halides is 2. The molecule has 0 N–H and O–H groups in total. The number of anilines is 1. The van der Waals surface area contributed by atoms with Crippen LogP contribution in [0.3, 0.4) is 0 Å². The molecule has 2 aromatic rings. The van der Waals surface area contributed by atoms with Gasteiger partial charge in [0.2, 0.25) is 0 Å². The van der Waals surface area contributed by atoms with Gasteiger partial charge in [-0.05, 0) is 24.3 Å². The summed E-state index contributed by atoms with van der Waals surface area (Å²) in [6, 6.07) is 9.76. The van der Waals surface area contributed by atoms with Gasteiger partial charge in [-0.25, -0.2) is 4.39 Å². The molecule has 0 bridgehead atoms. The van der Waals surface area contributed by atoms with Gasteiger partial charge >= 0.3 is 0 Å². The fraction of sp³-hybridized carbons (Fsp3) is 0.316. The van der Waals surface area contributed by atoms with Crippen molar-refractivity contribution in [3.8, 4) is 11.5 Å². The average Bonchev–Trinajstić information content (AvgIpc) is 2.65. The molecule has 0 unspecified atom stereocenters. The third-order valence-corrected chi connectivity index (χ3v) is 4.08. The highest BCUT2D eigenvalue weighted by Crippen LogP contribution is 2.35. The number of hydrogen-bond donors (Lipinski definition) is 0. The molecule has 0 heterocycles. The van der Waals surface area contributed by atoms with Crippen LogP contribution in [0.25, 0.3) is 0 Å². The Hall–Kier alpha value is -1.98. The van der Waals surface area contributed by atoms with Gasteiger partial charge in [0.05, 0.1) is 25.6 Å². The van der Waals surface area contributed by atoms with Gasteiger partial charge in [-0.3, -0.25) is 4.99 Å². The number of nitrogens with zero attached hydrogens (tertiary/aromatic N) is 2. The Balaban J connectivity index is 2.41. The van der Waals surface area contributed by atoms with Crippen molar-refractivity contribution in [1.29, 1.82) is 0 Å². The van der Waals surface area contributed by atoms with Gasteiger partial charge in [0.15, 0.2) is 0 Å². The maximum absolute atomic E-state index is 13.3. The zero-order valence-electron chi connectivity index (χ0n) is 14.7. The quantitative estimate of drug-likeness (QED) is 0.445. The molecule has 0 spiro atoms. The van der Waals surface area contributed by atoms with Gasteiger partial charge < -0.3 is 14.4 Å². The normalized spacial score (nSPS) is 11.0. The third-order valence-electron chi connectivity index (χ3n) is 3.74. The van der Waals surface area contributed by atoms with Crippen LogP contribution in [0.15, 0.2) is 41.4 Å². The van der Waals surface area contributed by atoms with Gasteiger partial charge in [0, 0.05) is 42.7 Å². The molecule has 0 radical (unpaired) electrons. The minimum atomic E-state index is -0.336. The number of aliphatic imine (C=N–C) groups is 1. The van der Waals surface area contributed by atoms with Crippen molar-refractivity contribution in [1.82, 2.24) is 0 Å². The fourth-order valence-corrected chi connectivity index (χ4v) is 2.92. The van der Waals surface area contributed by atoms with Crippen molar-refractivity contribution in [2.24, 2.45) is 4.99 Å². The number of ether oxygens (including phenoxy) is 2. The molecule has 7 heteroatoms. The second kappa shape index (κ2) is 10.2. The number of rotatable bonds is 9. The Morgan fingerprint density at radius 2 is 1.73 bits per heavy atom. The van der Waals surface area contributed by atoms with Gasteiger partial charge in [0.1, 0.15) is 17.3 Å². The van der Waals surface area contributed by atoms with E-state index in [9.17, 15) is 4.39 Å². The van der Waals surface area contributed by atoms with Crippen LogP contribution in [0.2, 0.25) is 0 Å². The highest BCUT2D eigenvalue weighted by atomic mass is 35.5. The molecular formula is C19H21Cl2FN2O2. The minimum absolute atomic E-state index is 0.336. The number of hydrogen-bond acceptors (Lipinski definition) is 4. The average molecular weight is 399 g/mol.